The molecule has 0 N–H and O–H groups in total. The average Bonchev–Trinajstić information content (AvgIpc) is 2.36. The minimum absolute atomic E-state index is 0.493. The van der Waals surface area contributed by atoms with E-state index in [-0.39, 0.29) is 0 Å². The van der Waals surface area contributed by atoms with Crippen molar-refractivity contribution in [3.8, 4) is 0 Å². The lowest BCUT2D eigenvalue weighted by atomic mass is 9.81. The van der Waals surface area contributed by atoms with Crippen LogP contribution in [0.4, 0.5) is 0 Å². The van der Waals surface area contributed by atoms with Crippen molar-refractivity contribution in [2.75, 3.05) is 13.1 Å². The Morgan fingerprint density at radius 3 is 2.82 bits per heavy atom. The molecule has 0 bridgehead atoms. The van der Waals surface area contributed by atoms with E-state index in [2.05, 4.69) is 31.9 Å². The van der Waals surface area contributed by atoms with Crippen molar-refractivity contribution in [3.63, 3.8) is 0 Å². The van der Waals surface area contributed by atoms with Gasteiger partial charge in [-0.1, -0.05) is 40.0 Å². The first-order valence-electron chi connectivity index (χ1n) is 7.13. The van der Waals surface area contributed by atoms with Gasteiger partial charge in [0.15, 0.2) is 0 Å². The molecule has 0 radical (unpaired) electrons. The second-order valence-corrected chi connectivity index (χ2v) is 5.30. The van der Waals surface area contributed by atoms with E-state index in [1.54, 1.807) is 0 Å². The van der Waals surface area contributed by atoms with Crippen LogP contribution in [0.3, 0.4) is 0 Å². The third-order valence-electron chi connectivity index (χ3n) is 3.83. The fourth-order valence-electron chi connectivity index (χ4n) is 2.76. The maximum Gasteiger partial charge on any atom is 0.147 e. The predicted molar refractivity (Wildman–Crippen MR) is 72.8 cm³/mol. The minimum Gasteiger partial charge on any atom is -0.377 e. The van der Waals surface area contributed by atoms with Crippen LogP contribution in [0.1, 0.15) is 52.9 Å². The Hall–Kier alpha value is -0.790. The third kappa shape index (κ3) is 4.18. The Balaban J connectivity index is 2.61. The van der Waals surface area contributed by atoms with Crippen LogP contribution < -0.4 is 0 Å². The minimum atomic E-state index is 0.493. The van der Waals surface area contributed by atoms with Crippen LogP contribution >= 0.6 is 0 Å². The summed E-state index contributed by atoms with van der Waals surface area (Å²) >= 11 is 0. The predicted octanol–water partition coefficient (Wildman–Crippen LogP) is 3.63. The molecule has 0 aromatic heterocycles. The first kappa shape index (κ1) is 14.3. The molecule has 0 saturated heterocycles. The van der Waals surface area contributed by atoms with Crippen molar-refractivity contribution in [2.24, 2.45) is 11.8 Å². The first-order valence-corrected chi connectivity index (χ1v) is 7.13. The van der Waals surface area contributed by atoms with Gasteiger partial charge in [0, 0.05) is 24.9 Å². The molecule has 98 valence electrons. The lowest BCUT2D eigenvalue weighted by molar-refractivity contribution is -0.105. The number of hydrogen-bond donors (Lipinski definition) is 0. The van der Waals surface area contributed by atoms with Gasteiger partial charge in [0.05, 0.1) is 0 Å². The van der Waals surface area contributed by atoms with E-state index in [4.69, 9.17) is 0 Å². The van der Waals surface area contributed by atoms with E-state index >= 15 is 0 Å². The van der Waals surface area contributed by atoms with Gasteiger partial charge in [-0.15, -0.1) is 0 Å². The zero-order chi connectivity index (χ0) is 12.7. The van der Waals surface area contributed by atoms with Gasteiger partial charge in [0.2, 0.25) is 0 Å². The van der Waals surface area contributed by atoms with Crippen LogP contribution in [-0.2, 0) is 4.79 Å². The zero-order valence-corrected chi connectivity index (χ0v) is 11.6. The Labute approximate surface area is 106 Å². The molecule has 1 heterocycles. The van der Waals surface area contributed by atoms with E-state index in [9.17, 15) is 4.79 Å². The second kappa shape index (κ2) is 7.52. The van der Waals surface area contributed by atoms with E-state index < -0.39 is 0 Å². The molecule has 0 aromatic rings. The Morgan fingerprint density at radius 1 is 1.47 bits per heavy atom. The molecule has 0 aromatic carbocycles. The van der Waals surface area contributed by atoms with Crippen molar-refractivity contribution in [1.82, 2.24) is 4.90 Å². The molecule has 2 nitrogen and oxygen atoms in total. The Bertz CT molecular complexity index is 260. The maximum atomic E-state index is 11.2. The van der Waals surface area contributed by atoms with Gasteiger partial charge in [-0.25, -0.2) is 0 Å². The average molecular weight is 237 g/mol. The summed E-state index contributed by atoms with van der Waals surface area (Å²) in [7, 11) is 0. The molecule has 2 unspecified atom stereocenters. The highest BCUT2D eigenvalue weighted by Gasteiger charge is 2.25. The SMILES string of the molecule is CCCCC(C)C1CCN(CCC)C=C1C=O. The van der Waals surface area contributed by atoms with Gasteiger partial charge in [-0.3, -0.25) is 4.79 Å². The summed E-state index contributed by atoms with van der Waals surface area (Å²) in [6, 6.07) is 0. The van der Waals surface area contributed by atoms with Gasteiger partial charge in [-0.05, 0) is 24.7 Å². The largest absolute Gasteiger partial charge is 0.377 e. The molecule has 17 heavy (non-hydrogen) atoms. The molecule has 0 saturated carbocycles. The lowest BCUT2D eigenvalue weighted by Gasteiger charge is -2.33. The highest BCUT2D eigenvalue weighted by Crippen LogP contribution is 2.30. The number of allylic oxidation sites excluding steroid dienone is 1. The van der Waals surface area contributed by atoms with Crippen molar-refractivity contribution in [2.45, 2.75) is 52.9 Å². The fourth-order valence-corrected chi connectivity index (χ4v) is 2.76. The zero-order valence-electron chi connectivity index (χ0n) is 11.6. The molecule has 0 fully saturated rings. The number of carbonyl (C=O) groups is 1. The van der Waals surface area contributed by atoms with Crippen molar-refractivity contribution in [3.05, 3.63) is 11.8 Å². The normalized spacial score (nSPS) is 22.2. The Kier molecular flexibility index (Phi) is 6.31. The molecule has 1 aliphatic heterocycles. The molecule has 1 rings (SSSR count). The van der Waals surface area contributed by atoms with Crippen LogP contribution in [0, 0.1) is 11.8 Å². The molecule has 2 atom stereocenters. The van der Waals surface area contributed by atoms with Gasteiger partial charge >= 0.3 is 0 Å². The molecule has 0 spiro atoms. The monoisotopic (exact) mass is 237 g/mol. The van der Waals surface area contributed by atoms with E-state index in [0.717, 1.165) is 37.8 Å². The van der Waals surface area contributed by atoms with Gasteiger partial charge in [0.25, 0.3) is 0 Å². The molecule has 1 aliphatic rings. The van der Waals surface area contributed by atoms with Crippen LogP contribution in [0.5, 0.6) is 0 Å². The lowest BCUT2D eigenvalue weighted by Crippen LogP contribution is -2.31. The van der Waals surface area contributed by atoms with E-state index in [1.807, 2.05) is 0 Å². The maximum absolute atomic E-state index is 11.2. The molecule has 0 amide bonds. The quantitative estimate of drug-likeness (QED) is 0.630. The van der Waals surface area contributed by atoms with Crippen molar-refractivity contribution in [1.29, 1.82) is 0 Å². The topological polar surface area (TPSA) is 20.3 Å². The third-order valence-corrected chi connectivity index (χ3v) is 3.83. The number of aldehydes is 1. The highest BCUT2D eigenvalue weighted by atomic mass is 16.1. The molecule has 2 heteroatoms. The summed E-state index contributed by atoms with van der Waals surface area (Å²) in [6.07, 6.45) is 9.26. The van der Waals surface area contributed by atoms with Gasteiger partial charge < -0.3 is 4.90 Å². The standard InChI is InChI=1S/C15H27NO/c1-4-6-7-13(3)15-8-10-16(9-5-2)11-14(15)12-17/h11-13,15H,4-10H2,1-3H3. The molecule has 0 aliphatic carbocycles. The van der Waals surface area contributed by atoms with Gasteiger partial charge in [0.1, 0.15) is 6.29 Å². The smallest absolute Gasteiger partial charge is 0.147 e. The van der Waals surface area contributed by atoms with Gasteiger partial charge in [-0.2, -0.15) is 0 Å². The fraction of sp³-hybridized carbons (Fsp3) is 0.800. The van der Waals surface area contributed by atoms with Crippen molar-refractivity contribution >= 4 is 6.29 Å². The number of carbonyl (C=O) groups excluding carboxylic acids is 1. The van der Waals surface area contributed by atoms with E-state index in [1.165, 1.54) is 19.3 Å². The second-order valence-electron chi connectivity index (χ2n) is 5.30. The molecular formula is C15H27NO. The summed E-state index contributed by atoms with van der Waals surface area (Å²) in [5.41, 5.74) is 1.02. The number of rotatable bonds is 7. The van der Waals surface area contributed by atoms with Crippen LogP contribution in [0.15, 0.2) is 11.8 Å². The molecular weight excluding hydrogens is 210 g/mol. The Morgan fingerprint density at radius 2 is 2.24 bits per heavy atom. The summed E-state index contributed by atoms with van der Waals surface area (Å²) in [5, 5.41) is 0. The number of nitrogens with zero attached hydrogens (tertiary/aromatic N) is 1. The summed E-state index contributed by atoms with van der Waals surface area (Å²) in [6.45, 7) is 8.91. The van der Waals surface area contributed by atoms with E-state index in [0.29, 0.717) is 11.8 Å². The highest BCUT2D eigenvalue weighted by molar-refractivity contribution is 5.74. The summed E-state index contributed by atoms with van der Waals surface area (Å²) < 4.78 is 0. The van der Waals surface area contributed by atoms with Crippen LogP contribution in [-0.4, -0.2) is 24.3 Å². The number of hydrogen-bond acceptors (Lipinski definition) is 2. The summed E-state index contributed by atoms with van der Waals surface area (Å²) in [4.78, 5) is 13.5. The number of unbranched alkanes of at least 4 members (excludes halogenated alkanes) is 1. The van der Waals surface area contributed by atoms with Crippen molar-refractivity contribution < 1.29 is 4.79 Å². The van der Waals surface area contributed by atoms with Crippen LogP contribution in [0.25, 0.3) is 0 Å². The summed E-state index contributed by atoms with van der Waals surface area (Å²) in [5.74, 6) is 1.14. The van der Waals surface area contributed by atoms with Crippen LogP contribution in [0.2, 0.25) is 0 Å². The first-order chi connectivity index (χ1) is 8.22.